The molecule has 0 saturated carbocycles. The number of hydrogen-bond acceptors (Lipinski definition) is 7. The number of nitrogens with zero attached hydrogens (tertiary/aromatic N) is 3. The second-order valence-electron chi connectivity index (χ2n) is 11.4. The number of anilines is 1. The Balaban J connectivity index is 1.62. The van der Waals surface area contributed by atoms with Gasteiger partial charge in [0.25, 0.3) is 11.8 Å². The van der Waals surface area contributed by atoms with E-state index in [1.54, 1.807) is 71.0 Å². The molecule has 4 heterocycles. The van der Waals surface area contributed by atoms with Gasteiger partial charge in [0.05, 0.1) is 17.9 Å². The third-order valence-corrected chi connectivity index (χ3v) is 6.17. The van der Waals surface area contributed by atoms with E-state index in [9.17, 15) is 19.2 Å². The fourth-order valence-corrected chi connectivity index (χ4v) is 4.70. The van der Waals surface area contributed by atoms with Crippen LogP contribution in [0.4, 0.5) is 10.5 Å². The molecule has 0 aromatic carbocycles. The number of alkyl carbamates (subject to hydrolysis) is 1. The highest BCUT2D eigenvalue weighted by Gasteiger charge is 2.54. The number of β-lactam (4-membered cyclic amide) rings is 1. The van der Waals surface area contributed by atoms with Crippen LogP contribution in [0, 0.1) is 0 Å². The number of allylic oxidation sites excluding steroid dienone is 2. The summed E-state index contributed by atoms with van der Waals surface area (Å²) >= 11 is 0. The Labute approximate surface area is 216 Å². The predicted molar refractivity (Wildman–Crippen MR) is 135 cm³/mol. The van der Waals surface area contributed by atoms with Gasteiger partial charge in [0.15, 0.2) is 0 Å². The van der Waals surface area contributed by atoms with Gasteiger partial charge in [0.2, 0.25) is 0 Å². The molecule has 0 aliphatic carbocycles. The molecule has 2 saturated heterocycles. The Morgan fingerprint density at radius 3 is 2.41 bits per heavy atom. The SMILES string of the molecule is CC(C)(C)OC(=O)N[C@@H]1C(=O)N2C(C(=O)OC(C)(C)C)=C(C=C3CCN(c4cccnc4)C3=O)CC[C@H]12. The lowest BCUT2D eigenvalue weighted by Gasteiger charge is -2.50. The summed E-state index contributed by atoms with van der Waals surface area (Å²) in [4.78, 5) is 59.0. The molecule has 4 rings (SSSR count). The topological polar surface area (TPSA) is 118 Å². The van der Waals surface area contributed by atoms with Crippen LogP contribution in [-0.4, -0.2) is 63.6 Å². The summed E-state index contributed by atoms with van der Waals surface area (Å²) in [5.41, 5.74) is 0.466. The van der Waals surface area contributed by atoms with Gasteiger partial charge in [-0.2, -0.15) is 0 Å². The maximum absolute atomic E-state index is 13.3. The molecule has 3 aliphatic heterocycles. The molecule has 10 nitrogen and oxygen atoms in total. The Morgan fingerprint density at radius 1 is 1.08 bits per heavy atom. The monoisotopic (exact) mass is 510 g/mol. The molecule has 0 unspecified atom stereocenters. The lowest BCUT2D eigenvalue weighted by Crippen LogP contribution is -2.72. The first-order chi connectivity index (χ1) is 17.2. The number of esters is 1. The van der Waals surface area contributed by atoms with E-state index in [1.165, 1.54) is 4.90 Å². The number of carbonyl (C=O) groups is 4. The van der Waals surface area contributed by atoms with Crippen LogP contribution >= 0.6 is 0 Å². The standard InChI is InChI=1S/C27H34N4O6/c1-26(2,3)36-24(34)21-16(14-17-11-13-30(22(17)32)18-8-7-12-28-15-18)9-10-19-20(23(33)31(19)21)29-25(35)37-27(4,5)6/h7-8,12,14-15,19-20H,9-11,13H2,1-6H3,(H,29,35)/t19-,20+/m1/s1. The summed E-state index contributed by atoms with van der Waals surface area (Å²) in [5.74, 6) is -1.21. The van der Waals surface area contributed by atoms with E-state index in [4.69, 9.17) is 9.47 Å². The summed E-state index contributed by atoms with van der Waals surface area (Å²) in [6.07, 6.45) is 5.76. The molecule has 2 fully saturated rings. The van der Waals surface area contributed by atoms with Crippen LogP contribution in [0.25, 0.3) is 0 Å². The van der Waals surface area contributed by atoms with Crippen LogP contribution in [-0.2, 0) is 23.9 Å². The molecule has 0 spiro atoms. The number of rotatable bonds is 4. The number of hydrogen-bond donors (Lipinski definition) is 1. The van der Waals surface area contributed by atoms with Gasteiger partial charge in [-0.3, -0.25) is 19.5 Å². The zero-order valence-corrected chi connectivity index (χ0v) is 22.2. The van der Waals surface area contributed by atoms with Gasteiger partial charge in [-0.1, -0.05) is 0 Å². The molecule has 0 bridgehead atoms. The zero-order valence-electron chi connectivity index (χ0n) is 22.2. The van der Waals surface area contributed by atoms with E-state index in [1.807, 2.05) is 6.07 Å². The second-order valence-corrected chi connectivity index (χ2v) is 11.4. The molecular formula is C27H34N4O6. The first kappa shape index (κ1) is 26.4. The number of nitrogens with one attached hydrogen (secondary N) is 1. The van der Waals surface area contributed by atoms with E-state index >= 15 is 0 Å². The van der Waals surface area contributed by atoms with Gasteiger partial charge in [-0.25, -0.2) is 9.59 Å². The van der Waals surface area contributed by atoms with E-state index in [-0.39, 0.29) is 11.6 Å². The van der Waals surface area contributed by atoms with Crippen LogP contribution in [0.1, 0.15) is 60.8 Å². The molecular weight excluding hydrogens is 476 g/mol. The normalized spacial score (nSPS) is 23.1. The van der Waals surface area contributed by atoms with Crippen LogP contribution in [0.5, 0.6) is 0 Å². The fourth-order valence-electron chi connectivity index (χ4n) is 4.70. The van der Waals surface area contributed by atoms with Crippen molar-refractivity contribution in [2.45, 2.75) is 84.1 Å². The fraction of sp³-hybridized carbons (Fsp3) is 0.519. The summed E-state index contributed by atoms with van der Waals surface area (Å²) in [7, 11) is 0. The highest BCUT2D eigenvalue weighted by atomic mass is 16.6. The number of ether oxygens (including phenoxy) is 2. The number of amides is 3. The molecule has 0 radical (unpaired) electrons. The summed E-state index contributed by atoms with van der Waals surface area (Å²) in [5, 5.41) is 2.64. The van der Waals surface area contributed by atoms with Crippen molar-refractivity contribution in [2.24, 2.45) is 0 Å². The number of carbonyl (C=O) groups excluding carboxylic acids is 4. The van der Waals surface area contributed by atoms with E-state index < -0.39 is 41.3 Å². The third-order valence-electron chi connectivity index (χ3n) is 6.17. The number of fused-ring (bicyclic) bond motifs is 1. The maximum atomic E-state index is 13.3. The Morgan fingerprint density at radius 2 is 1.78 bits per heavy atom. The third kappa shape index (κ3) is 5.68. The second kappa shape index (κ2) is 9.64. The predicted octanol–water partition coefficient (Wildman–Crippen LogP) is 3.24. The van der Waals surface area contributed by atoms with Crippen LogP contribution in [0.15, 0.2) is 47.4 Å². The maximum Gasteiger partial charge on any atom is 0.408 e. The van der Waals surface area contributed by atoms with Gasteiger partial charge < -0.3 is 19.7 Å². The average molecular weight is 511 g/mol. The van der Waals surface area contributed by atoms with Crippen LogP contribution in [0.2, 0.25) is 0 Å². The van der Waals surface area contributed by atoms with Crippen molar-refractivity contribution in [1.82, 2.24) is 15.2 Å². The van der Waals surface area contributed by atoms with Crippen molar-refractivity contribution in [1.29, 1.82) is 0 Å². The molecule has 37 heavy (non-hydrogen) atoms. The van der Waals surface area contributed by atoms with Gasteiger partial charge in [-0.05, 0) is 84.6 Å². The van der Waals surface area contributed by atoms with Crippen molar-refractivity contribution < 1.29 is 28.7 Å². The summed E-state index contributed by atoms with van der Waals surface area (Å²) in [6, 6.07) is 2.39. The lowest BCUT2D eigenvalue weighted by molar-refractivity contribution is -0.161. The highest BCUT2D eigenvalue weighted by Crippen LogP contribution is 2.39. The van der Waals surface area contributed by atoms with Gasteiger partial charge in [0, 0.05) is 18.3 Å². The van der Waals surface area contributed by atoms with E-state index in [2.05, 4.69) is 10.3 Å². The van der Waals surface area contributed by atoms with E-state index in [0.29, 0.717) is 42.6 Å². The molecule has 2 atom stereocenters. The summed E-state index contributed by atoms with van der Waals surface area (Å²) < 4.78 is 10.9. The molecule has 10 heteroatoms. The molecule has 1 aromatic rings. The van der Waals surface area contributed by atoms with E-state index in [0.717, 1.165) is 0 Å². The molecule has 1 N–H and O–H groups in total. The largest absolute Gasteiger partial charge is 0.455 e. The van der Waals surface area contributed by atoms with Crippen molar-refractivity contribution in [3.05, 3.63) is 47.4 Å². The number of pyridine rings is 1. The minimum Gasteiger partial charge on any atom is -0.455 e. The Kier molecular flexibility index (Phi) is 6.87. The lowest BCUT2D eigenvalue weighted by atomic mass is 9.83. The number of aromatic nitrogens is 1. The Bertz CT molecular complexity index is 1180. The first-order valence-corrected chi connectivity index (χ1v) is 12.5. The highest BCUT2D eigenvalue weighted by molar-refractivity contribution is 6.09. The van der Waals surface area contributed by atoms with Crippen LogP contribution in [0.3, 0.4) is 0 Å². The molecule has 1 aromatic heterocycles. The zero-order chi connectivity index (χ0) is 27.1. The Hall–Kier alpha value is -3.69. The molecule has 3 aliphatic rings. The minimum atomic E-state index is -0.796. The quantitative estimate of drug-likeness (QED) is 0.375. The summed E-state index contributed by atoms with van der Waals surface area (Å²) in [6.45, 7) is 11.0. The van der Waals surface area contributed by atoms with Gasteiger partial charge in [0.1, 0.15) is 22.9 Å². The van der Waals surface area contributed by atoms with Crippen molar-refractivity contribution in [3.63, 3.8) is 0 Å². The van der Waals surface area contributed by atoms with Crippen molar-refractivity contribution >= 4 is 29.6 Å². The van der Waals surface area contributed by atoms with Gasteiger partial charge >= 0.3 is 12.1 Å². The smallest absolute Gasteiger partial charge is 0.408 e. The van der Waals surface area contributed by atoms with Crippen LogP contribution < -0.4 is 10.2 Å². The minimum absolute atomic E-state index is 0.124. The van der Waals surface area contributed by atoms with Crippen molar-refractivity contribution in [3.8, 4) is 0 Å². The average Bonchev–Trinajstić information content (AvgIpc) is 3.15. The molecule has 198 valence electrons. The van der Waals surface area contributed by atoms with Crippen molar-refractivity contribution in [2.75, 3.05) is 11.4 Å². The molecule has 3 amide bonds. The van der Waals surface area contributed by atoms with Gasteiger partial charge in [-0.15, -0.1) is 0 Å². The first-order valence-electron chi connectivity index (χ1n) is 12.5.